The lowest BCUT2D eigenvalue weighted by molar-refractivity contribution is -0.137. The molecule has 1 aromatic carbocycles. The van der Waals surface area contributed by atoms with E-state index in [1.807, 2.05) is 29.3 Å². The molecule has 60 heavy (non-hydrogen) atoms. The monoisotopic (exact) mass is 819 g/mol. The third-order valence-electron chi connectivity index (χ3n) is 12.9. The van der Waals surface area contributed by atoms with Crippen molar-refractivity contribution in [2.45, 2.75) is 75.9 Å². The first-order chi connectivity index (χ1) is 29.0. The van der Waals surface area contributed by atoms with Gasteiger partial charge in [0.25, 0.3) is 11.8 Å². The van der Waals surface area contributed by atoms with Gasteiger partial charge in [0.2, 0.25) is 23.7 Å². The molecule has 1 aliphatic carbocycles. The van der Waals surface area contributed by atoms with Crippen molar-refractivity contribution in [3.8, 4) is 0 Å². The highest BCUT2D eigenvalue weighted by atomic mass is 19.1. The molecule has 4 fully saturated rings. The molecule has 7 heterocycles. The molecular weight excluding hydrogens is 770 g/mol. The van der Waals surface area contributed by atoms with E-state index in [9.17, 15) is 28.4 Å². The molecule has 4 aromatic rings. The van der Waals surface area contributed by atoms with E-state index in [0.29, 0.717) is 63.3 Å². The third-order valence-corrected chi connectivity index (χ3v) is 12.9. The molecule has 17 heteroatoms. The van der Waals surface area contributed by atoms with Crippen LogP contribution in [0.15, 0.2) is 42.7 Å². The largest absolute Gasteiger partial charge is 0.367 e. The summed E-state index contributed by atoms with van der Waals surface area (Å²) in [5, 5.41) is 6.38. The Morgan fingerprint density at radius 2 is 1.68 bits per heavy atom. The van der Waals surface area contributed by atoms with Crippen LogP contribution in [0.5, 0.6) is 0 Å². The number of imide groups is 1. The highest BCUT2D eigenvalue weighted by Crippen LogP contribution is 2.38. The van der Waals surface area contributed by atoms with Crippen molar-refractivity contribution in [3.63, 3.8) is 0 Å². The minimum Gasteiger partial charge on any atom is -0.367 e. The van der Waals surface area contributed by atoms with Gasteiger partial charge in [-0.2, -0.15) is 4.98 Å². The molecule has 2 N–H and O–H groups in total. The number of hydrogen-bond acceptors (Lipinski definition) is 11. The number of piperazine rings is 1. The van der Waals surface area contributed by atoms with Gasteiger partial charge in [0, 0.05) is 76.4 Å². The van der Waals surface area contributed by atoms with Crippen LogP contribution in [0.25, 0.3) is 11.0 Å². The first-order valence-electron chi connectivity index (χ1n) is 21.1. The fourth-order valence-electron chi connectivity index (χ4n) is 9.68. The standard InChI is InChI=1S/C43H50FN11O5/c1-50(2)42(60)35-19-27-22-46-43(49-39(27)55(35)29-5-3-4-6-29)47-36-9-7-30(23-45-36)52-15-17-53(18-16-52)38(57)25-51-13-11-26(12-14-51)31-20-28(44)21-32-33(31)24-54(41(32)59)34-8-10-37(56)48-40(34)58/h7,9,19-23,26,29,34H,3-6,8,10-18,24-25H2,1-2H3,(H,48,56,58)(H,45,46,47,49). The second kappa shape index (κ2) is 16.2. The summed E-state index contributed by atoms with van der Waals surface area (Å²) in [4.78, 5) is 87.5. The average Bonchev–Trinajstić information content (AvgIpc) is 3.99. The van der Waals surface area contributed by atoms with Crippen molar-refractivity contribution < 1.29 is 28.4 Å². The molecule has 0 spiro atoms. The summed E-state index contributed by atoms with van der Waals surface area (Å²) in [6, 6.07) is 8.02. The van der Waals surface area contributed by atoms with Crippen LogP contribution in [-0.4, -0.2) is 135 Å². The summed E-state index contributed by atoms with van der Waals surface area (Å²) in [6.07, 6.45) is 9.69. The van der Waals surface area contributed by atoms with Crippen molar-refractivity contribution in [3.05, 3.63) is 70.9 Å². The van der Waals surface area contributed by atoms with Crippen molar-refractivity contribution in [1.82, 2.24) is 44.4 Å². The Bertz CT molecular complexity index is 2340. The van der Waals surface area contributed by atoms with Gasteiger partial charge in [0.1, 0.15) is 29.0 Å². The molecule has 4 aliphatic heterocycles. The Labute approximate surface area is 347 Å². The zero-order valence-corrected chi connectivity index (χ0v) is 34.0. The van der Waals surface area contributed by atoms with Crippen LogP contribution in [0.3, 0.4) is 0 Å². The minimum atomic E-state index is -0.756. The first-order valence-corrected chi connectivity index (χ1v) is 21.1. The molecular formula is C43H50FN11O5. The smallest absolute Gasteiger partial charge is 0.270 e. The summed E-state index contributed by atoms with van der Waals surface area (Å²) in [5.41, 5.74) is 4.17. The Morgan fingerprint density at radius 3 is 2.38 bits per heavy atom. The van der Waals surface area contributed by atoms with Gasteiger partial charge >= 0.3 is 0 Å². The van der Waals surface area contributed by atoms with E-state index in [2.05, 4.69) is 35.0 Å². The Kier molecular flexibility index (Phi) is 10.7. The van der Waals surface area contributed by atoms with E-state index in [1.165, 1.54) is 17.0 Å². The molecule has 1 atom stereocenters. The zero-order valence-electron chi connectivity index (χ0n) is 34.0. The summed E-state index contributed by atoms with van der Waals surface area (Å²) < 4.78 is 17.0. The van der Waals surface area contributed by atoms with Gasteiger partial charge < -0.3 is 29.5 Å². The van der Waals surface area contributed by atoms with Crippen LogP contribution in [0, 0.1) is 5.82 Å². The lowest BCUT2D eigenvalue weighted by Gasteiger charge is -2.38. The van der Waals surface area contributed by atoms with E-state index in [4.69, 9.17) is 4.98 Å². The molecule has 1 unspecified atom stereocenters. The van der Waals surface area contributed by atoms with E-state index >= 15 is 0 Å². The van der Waals surface area contributed by atoms with Crippen molar-refractivity contribution in [1.29, 1.82) is 0 Å². The minimum absolute atomic E-state index is 0.0208. The number of carbonyl (C=O) groups excluding carboxylic acids is 5. The predicted octanol–water partition coefficient (Wildman–Crippen LogP) is 3.82. The van der Waals surface area contributed by atoms with Gasteiger partial charge in [-0.3, -0.25) is 34.2 Å². The number of halogens is 1. The highest BCUT2D eigenvalue weighted by molar-refractivity contribution is 6.05. The van der Waals surface area contributed by atoms with E-state index in [-0.39, 0.29) is 60.5 Å². The Morgan fingerprint density at radius 1 is 0.917 bits per heavy atom. The number of fused-ring (bicyclic) bond motifs is 2. The fourth-order valence-corrected chi connectivity index (χ4v) is 9.68. The zero-order chi connectivity index (χ0) is 41.7. The molecule has 3 aromatic heterocycles. The van der Waals surface area contributed by atoms with Gasteiger partial charge in [0.15, 0.2) is 0 Å². The molecule has 3 saturated heterocycles. The van der Waals surface area contributed by atoms with Crippen molar-refractivity contribution in [2.24, 2.45) is 0 Å². The first kappa shape index (κ1) is 39.5. The number of benzene rings is 1. The molecule has 1 saturated carbocycles. The van der Waals surface area contributed by atoms with Gasteiger partial charge in [0.05, 0.1) is 18.4 Å². The summed E-state index contributed by atoms with van der Waals surface area (Å²) in [5.74, 6) is -0.643. The van der Waals surface area contributed by atoms with Crippen LogP contribution in [0.1, 0.15) is 95.3 Å². The number of aromatic nitrogens is 4. The number of piperidine rings is 2. The fraction of sp³-hybridized carbons (Fsp3) is 0.488. The number of amides is 5. The van der Waals surface area contributed by atoms with Crippen LogP contribution in [0.2, 0.25) is 0 Å². The molecule has 9 rings (SSSR count). The number of rotatable bonds is 9. The number of carbonyl (C=O) groups is 5. The van der Waals surface area contributed by atoms with Crippen LogP contribution >= 0.6 is 0 Å². The molecule has 0 radical (unpaired) electrons. The summed E-state index contributed by atoms with van der Waals surface area (Å²) in [7, 11) is 3.52. The number of pyridine rings is 1. The van der Waals surface area contributed by atoms with Gasteiger partial charge in [-0.15, -0.1) is 0 Å². The van der Waals surface area contributed by atoms with E-state index in [0.717, 1.165) is 66.4 Å². The van der Waals surface area contributed by atoms with E-state index < -0.39 is 17.8 Å². The highest BCUT2D eigenvalue weighted by Gasteiger charge is 2.41. The molecule has 0 bridgehead atoms. The molecule has 16 nitrogen and oxygen atoms in total. The normalized spacial score (nSPS) is 20.6. The average molecular weight is 820 g/mol. The number of anilines is 3. The molecule has 314 valence electrons. The molecule has 5 amide bonds. The van der Waals surface area contributed by atoms with Crippen LogP contribution < -0.4 is 15.5 Å². The summed E-state index contributed by atoms with van der Waals surface area (Å²) in [6.45, 7) is 4.39. The Balaban J connectivity index is 0.768. The topological polar surface area (TPSA) is 169 Å². The lowest BCUT2D eigenvalue weighted by atomic mass is 9.85. The van der Waals surface area contributed by atoms with Crippen LogP contribution in [0.4, 0.5) is 21.8 Å². The van der Waals surface area contributed by atoms with Gasteiger partial charge in [-0.1, -0.05) is 12.8 Å². The maximum atomic E-state index is 14.9. The number of nitrogens with one attached hydrogen (secondary N) is 2. The lowest BCUT2D eigenvalue weighted by Crippen LogP contribution is -2.52. The van der Waals surface area contributed by atoms with Crippen molar-refractivity contribution >= 4 is 58.0 Å². The third kappa shape index (κ3) is 7.66. The maximum Gasteiger partial charge on any atom is 0.270 e. The number of likely N-dealkylation sites (tertiary alicyclic amines) is 1. The number of hydrogen-bond donors (Lipinski definition) is 2. The van der Waals surface area contributed by atoms with Crippen LogP contribution in [-0.2, 0) is 20.9 Å². The van der Waals surface area contributed by atoms with Gasteiger partial charge in [-0.25, -0.2) is 14.4 Å². The van der Waals surface area contributed by atoms with E-state index in [1.54, 1.807) is 25.2 Å². The van der Waals surface area contributed by atoms with Crippen molar-refractivity contribution in [2.75, 3.05) is 70.1 Å². The summed E-state index contributed by atoms with van der Waals surface area (Å²) >= 11 is 0. The predicted molar refractivity (Wildman–Crippen MR) is 220 cm³/mol. The number of nitrogens with zero attached hydrogens (tertiary/aromatic N) is 9. The second-order valence-corrected chi connectivity index (χ2v) is 16.9. The Hall–Kier alpha value is -5.97. The second-order valence-electron chi connectivity index (χ2n) is 16.9. The van der Waals surface area contributed by atoms with Gasteiger partial charge in [-0.05, 0) is 92.6 Å². The maximum absolute atomic E-state index is 14.9. The molecule has 5 aliphatic rings. The quantitative estimate of drug-likeness (QED) is 0.236. The SMILES string of the molecule is CN(C)C(=O)c1cc2cnc(Nc3ccc(N4CCN(C(=O)CN5CCC(c6cc(F)cc7c6CN(C6CCC(=O)NC6=O)C7=O)CC5)CC4)cn3)nc2n1C1CCCC1.